The van der Waals surface area contributed by atoms with Crippen molar-refractivity contribution in [3.05, 3.63) is 102 Å². The van der Waals surface area contributed by atoms with Crippen LogP contribution >= 0.6 is 0 Å². The summed E-state index contributed by atoms with van der Waals surface area (Å²) in [5.74, 6) is -1.05. The number of sulfone groups is 1. The van der Waals surface area contributed by atoms with Crippen molar-refractivity contribution < 1.29 is 18.0 Å². The topological polar surface area (TPSA) is 119 Å². The van der Waals surface area contributed by atoms with Gasteiger partial charge in [0.15, 0.2) is 9.84 Å². The van der Waals surface area contributed by atoms with Gasteiger partial charge in [-0.2, -0.15) is 0 Å². The molecule has 0 aliphatic rings. The molecule has 0 spiro atoms. The van der Waals surface area contributed by atoms with E-state index in [2.05, 4.69) is 10.3 Å². The number of carbonyl (C=O) groups excluding carboxylic acids is 2. The van der Waals surface area contributed by atoms with E-state index in [4.69, 9.17) is 5.73 Å². The van der Waals surface area contributed by atoms with Gasteiger partial charge in [-0.1, -0.05) is 24.3 Å². The molecular formula is C27H23N3O4S. The fourth-order valence-corrected chi connectivity index (χ4v) is 4.41. The summed E-state index contributed by atoms with van der Waals surface area (Å²) in [6.07, 6.45) is 2.79. The van der Waals surface area contributed by atoms with E-state index in [1.54, 1.807) is 37.4 Å². The summed E-state index contributed by atoms with van der Waals surface area (Å²) in [5.41, 5.74) is 9.77. The first-order valence-corrected chi connectivity index (χ1v) is 12.6. The smallest absolute Gasteiger partial charge is 0.256 e. The van der Waals surface area contributed by atoms with Crippen LogP contribution in [-0.4, -0.2) is 31.5 Å². The minimum atomic E-state index is -3.54. The number of carbonyl (C=O) groups is 2. The molecule has 35 heavy (non-hydrogen) atoms. The van der Waals surface area contributed by atoms with Crippen LogP contribution in [0.15, 0.2) is 90.0 Å². The molecule has 0 aliphatic carbocycles. The Morgan fingerprint density at radius 1 is 0.886 bits per heavy atom. The van der Waals surface area contributed by atoms with Crippen LogP contribution in [0.4, 0.5) is 5.69 Å². The molecule has 1 aromatic heterocycles. The van der Waals surface area contributed by atoms with Crippen molar-refractivity contribution in [2.45, 2.75) is 11.8 Å². The van der Waals surface area contributed by atoms with Crippen LogP contribution in [-0.2, 0) is 9.84 Å². The number of primary amides is 1. The van der Waals surface area contributed by atoms with E-state index in [0.29, 0.717) is 16.8 Å². The summed E-state index contributed by atoms with van der Waals surface area (Å²) < 4.78 is 24.4. The third kappa shape index (κ3) is 5.44. The lowest BCUT2D eigenvalue weighted by Gasteiger charge is -2.14. The second kappa shape index (κ2) is 9.52. The molecule has 0 saturated carbocycles. The molecule has 2 amide bonds. The number of aromatic nitrogens is 1. The Morgan fingerprint density at radius 2 is 1.69 bits per heavy atom. The Kier molecular flexibility index (Phi) is 6.48. The molecular weight excluding hydrogens is 462 g/mol. The number of nitrogens with two attached hydrogens (primary N) is 1. The lowest BCUT2D eigenvalue weighted by atomic mass is 9.95. The quantitative estimate of drug-likeness (QED) is 0.417. The van der Waals surface area contributed by atoms with Crippen molar-refractivity contribution in [1.29, 1.82) is 0 Å². The van der Waals surface area contributed by atoms with Gasteiger partial charge in [-0.15, -0.1) is 0 Å². The standard InChI is InChI=1S/C27H23N3O4S/c1-17-12-19(14-20(13-17)26(28)31)24-16-22(35(2,33)34)9-10-23(24)27(32)30-21-7-5-6-18(15-21)25-8-3-4-11-29-25/h3-16H,1-2H3,(H2,28,31)(H,30,32). The van der Waals surface area contributed by atoms with Crippen molar-refractivity contribution in [1.82, 2.24) is 4.98 Å². The third-order valence-corrected chi connectivity index (χ3v) is 6.53. The molecule has 4 aromatic rings. The molecule has 0 fully saturated rings. The van der Waals surface area contributed by atoms with Crippen LogP contribution in [0.3, 0.4) is 0 Å². The number of benzene rings is 3. The maximum atomic E-state index is 13.4. The number of hydrogen-bond acceptors (Lipinski definition) is 5. The zero-order chi connectivity index (χ0) is 25.2. The number of aryl methyl sites for hydroxylation is 1. The first-order chi connectivity index (χ1) is 16.6. The molecule has 176 valence electrons. The maximum Gasteiger partial charge on any atom is 0.256 e. The molecule has 0 unspecified atom stereocenters. The Balaban J connectivity index is 1.78. The Morgan fingerprint density at radius 3 is 2.37 bits per heavy atom. The van der Waals surface area contributed by atoms with Crippen molar-refractivity contribution in [2.75, 3.05) is 11.6 Å². The normalized spacial score (nSPS) is 11.1. The van der Waals surface area contributed by atoms with Crippen molar-refractivity contribution in [3.8, 4) is 22.4 Å². The number of pyridine rings is 1. The summed E-state index contributed by atoms with van der Waals surface area (Å²) in [6, 6.07) is 22.1. The number of amides is 2. The van der Waals surface area contributed by atoms with E-state index in [1.807, 2.05) is 36.4 Å². The molecule has 8 heteroatoms. The monoisotopic (exact) mass is 485 g/mol. The number of rotatable bonds is 6. The largest absolute Gasteiger partial charge is 0.366 e. The highest BCUT2D eigenvalue weighted by atomic mass is 32.2. The molecule has 4 rings (SSSR count). The van der Waals surface area contributed by atoms with E-state index in [1.165, 1.54) is 18.2 Å². The molecule has 7 nitrogen and oxygen atoms in total. The van der Waals surface area contributed by atoms with Gasteiger partial charge in [-0.3, -0.25) is 14.6 Å². The Bertz CT molecular complexity index is 1550. The van der Waals surface area contributed by atoms with Gasteiger partial charge in [0.25, 0.3) is 5.91 Å². The zero-order valence-electron chi connectivity index (χ0n) is 19.1. The first kappa shape index (κ1) is 23.8. The van der Waals surface area contributed by atoms with Crippen molar-refractivity contribution in [2.24, 2.45) is 5.73 Å². The average Bonchev–Trinajstić information content (AvgIpc) is 2.83. The Labute approximate surface area is 203 Å². The van der Waals surface area contributed by atoms with E-state index < -0.39 is 21.7 Å². The van der Waals surface area contributed by atoms with Crippen molar-refractivity contribution >= 4 is 27.3 Å². The second-order valence-corrected chi connectivity index (χ2v) is 10.2. The summed E-state index contributed by atoms with van der Waals surface area (Å²) in [7, 11) is -3.54. The number of nitrogens with zero attached hydrogens (tertiary/aromatic N) is 1. The Hall–Kier alpha value is -4.30. The highest BCUT2D eigenvalue weighted by Gasteiger charge is 2.19. The van der Waals surface area contributed by atoms with Gasteiger partial charge < -0.3 is 11.1 Å². The molecule has 0 saturated heterocycles. The summed E-state index contributed by atoms with van der Waals surface area (Å²) in [5, 5.41) is 2.88. The van der Waals surface area contributed by atoms with Gasteiger partial charge in [0, 0.05) is 34.8 Å². The number of nitrogens with one attached hydrogen (secondary N) is 1. The lowest BCUT2D eigenvalue weighted by Crippen LogP contribution is -2.14. The van der Waals surface area contributed by atoms with Crippen LogP contribution in [0.1, 0.15) is 26.3 Å². The van der Waals surface area contributed by atoms with Crippen LogP contribution < -0.4 is 11.1 Å². The minimum absolute atomic E-state index is 0.0586. The van der Waals surface area contributed by atoms with Gasteiger partial charge in [0.2, 0.25) is 5.91 Å². The van der Waals surface area contributed by atoms with E-state index >= 15 is 0 Å². The number of anilines is 1. The van der Waals surface area contributed by atoms with Gasteiger partial charge in [-0.05, 0) is 78.2 Å². The highest BCUT2D eigenvalue weighted by molar-refractivity contribution is 7.90. The van der Waals surface area contributed by atoms with Crippen LogP contribution in [0.25, 0.3) is 22.4 Å². The van der Waals surface area contributed by atoms with E-state index in [0.717, 1.165) is 23.1 Å². The summed E-state index contributed by atoms with van der Waals surface area (Å²) >= 11 is 0. The molecule has 3 N–H and O–H groups in total. The predicted molar refractivity (Wildman–Crippen MR) is 136 cm³/mol. The number of hydrogen-bond donors (Lipinski definition) is 2. The van der Waals surface area contributed by atoms with Crippen LogP contribution in [0, 0.1) is 6.92 Å². The molecule has 0 bridgehead atoms. The SMILES string of the molecule is Cc1cc(C(N)=O)cc(-c2cc(S(C)(=O)=O)ccc2C(=O)Nc2cccc(-c3ccccn3)c2)c1. The minimum Gasteiger partial charge on any atom is -0.366 e. The summed E-state index contributed by atoms with van der Waals surface area (Å²) in [6.45, 7) is 1.79. The molecule has 0 atom stereocenters. The maximum absolute atomic E-state index is 13.4. The predicted octanol–water partition coefficient (Wildman–Crippen LogP) is 4.48. The van der Waals surface area contributed by atoms with Gasteiger partial charge in [0.1, 0.15) is 0 Å². The van der Waals surface area contributed by atoms with E-state index in [9.17, 15) is 18.0 Å². The van der Waals surface area contributed by atoms with Gasteiger partial charge in [0.05, 0.1) is 10.6 Å². The van der Waals surface area contributed by atoms with E-state index in [-0.39, 0.29) is 16.0 Å². The molecule has 3 aromatic carbocycles. The van der Waals surface area contributed by atoms with Crippen LogP contribution in [0.5, 0.6) is 0 Å². The lowest BCUT2D eigenvalue weighted by molar-refractivity contribution is 0.0998. The average molecular weight is 486 g/mol. The molecule has 1 heterocycles. The summed E-state index contributed by atoms with van der Waals surface area (Å²) in [4.78, 5) is 29.6. The fraction of sp³-hybridized carbons (Fsp3) is 0.0741. The van der Waals surface area contributed by atoms with Gasteiger partial charge >= 0.3 is 0 Å². The first-order valence-electron chi connectivity index (χ1n) is 10.7. The molecule has 0 aliphatic heterocycles. The second-order valence-electron chi connectivity index (χ2n) is 8.18. The fourth-order valence-electron chi connectivity index (χ4n) is 3.76. The molecule has 0 radical (unpaired) electrons. The zero-order valence-corrected chi connectivity index (χ0v) is 20.0. The third-order valence-electron chi connectivity index (χ3n) is 5.42. The highest BCUT2D eigenvalue weighted by Crippen LogP contribution is 2.30. The van der Waals surface area contributed by atoms with Crippen molar-refractivity contribution in [3.63, 3.8) is 0 Å². The van der Waals surface area contributed by atoms with Gasteiger partial charge in [-0.25, -0.2) is 8.42 Å². The van der Waals surface area contributed by atoms with Crippen LogP contribution in [0.2, 0.25) is 0 Å².